The Balaban J connectivity index is 2.09. The standard InChI is InChI=1S/C18H27FN2O4/c1-12(2)6-16(18(23)24)21-10-13(7-15(19)17(21)22)4-5-20-8-14(9-20)11-25-3/h7,10,12,14,16H,4-6,8-9,11H2,1-3H3,(H,23,24). The van der Waals surface area contributed by atoms with E-state index in [0.717, 1.165) is 30.8 Å². The lowest BCUT2D eigenvalue weighted by molar-refractivity contribution is -0.141. The van der Waals surface area contributed by atoms with Crippen molar-refractivity contribution in [3.05, 3.63) is 34.0 Å². The maximum absolute atomic E-state index is 14.0. The molecule has 0 saturated carbocycles. The Hall–Kier alpha value is -1.73. The Morgan fingerprint density at radius 1 is 1.44 bits per heavy atom. The molecule has 0 radical (unpaired) electrons. The van der Waals surface area contributed by atoms with Gasteiger partial charge >= 0.3 is 5.97 Å². The van der Waals surface area contributed by atoms with Crippen LogP contribution in [0.15, 0.2) is 17.1 Å². The maximum Gasteiger partial charge on any atom is 0.326 e. The van der Waals surface area contributed by atoms with E-state index < -0.39 is 23.4 Å². The minimum Gasteiger partial charge on any atom is -0.480 e. The molecule has 0 aromatic carbocycles. The summed E-state index contributed by atoms with van der Waals surface area (Å²) in [6, 6.07) is 0.177. The van der Waals surface area contributed by atoms with Crippen molar-refractivity contribution in [1.29, 1.82) is 0 Å². The van der Waals surface area contributed by atoms with Crippen LogP contribution in [0.1, 0.15) is 31.9 Å². The zero-order valence-electron chi connectivity index (χ0n) is 15.1. The minimum absolute atomic E-state index is 0.0820. The number of carbonyl (C=O) groups is 1. The third kappa shape index (κ3) is 5.12. The molecule has 1 fully saturated rings. The molecular formula is C18H27FN2O4. The van der Waals surface area contributed by atoms with Crippen molar-refractivity contribution in [1.82, 2.24) is 9.47 Å². The number of methoxy groups -OCH3 is 1. The molecule has 2 rings (SSSR count). The molecule has 1 saturated heterocycles. The fourth-order valence-corrected chi connectivity index (χ4v) is 3.26. The average molecular weight is 354 g/mol. The highest BCUT2D eigenvalue weighted by atomic mass is 19.1. The van der Waals surface area contributed by atoms with Crippen molar-refractivity contribution < 1.29 is 19.0 Å². The predicted octanol–water partition coefficient (Wildman–Crippen LogP) is 1.78. The molecule has 0 spiro atoms. The lowest BCUT2D eigenvalue weighted by Gasteiger charge is -2.38. The zero-order chi connectivity index (χ0) is 18.6. The van der Waals surface area contributed by atoms with Crippen molar-refractivity contribution >= 4 is 5.97 Å². The molecule has 7 heteroatoms. The number of carboxylic acid groups (broad SMARTS) is 1. The van der Waals surface area contributed by atoms with Gasteiger partial charge in [0.05, 0.1) is 6.61 Å². The zero-order valence-corrected chi connectivity index (χ0v) is 15.1. The van der Waals surface area contributed by atoms with Gasteiger partial charge in [0, 0.05) is 38.9 Å². The number of hydrogen-bond acceptors (Lipinski definition) is 4. The maximum atomic E-state index is 14.0. The molecular weight excluding hydrogens is 327 g/mol. The number of pyridine rings is 1. The summed E-state index contributed by atoms with van der Waals surface area (Å²) in [5.74, 6) is -1.39. The number of aromatic nitrogens is 1. The van der Waals surface area contributed by atoms with E-state index in [1.54, 1.807) is 7.11 Å². The molecule has 25 heavy (non-hydrogen) atoms. The molecule has 0 aliphatic carbocycles. The summed E-state index contributed by atoms with van der Waals surface area (Å²) >= 11 is 0. The summed E-state index contributed by atoms with van der Waals surface area (Å²) in [6.45, 7) is 7.14. The Kier molecular flexibility index (Phi) is 6.72. The van der Waals surface area contributed by atoms with Gasteiger partial charge in [-0.25, -0.2) is 9.18 Å². The number of rotatable bonds is 9. The SMILES string of the molecule is COCC1CN(CCc2cc(F)c(=O)n(C(CC(C)C)C(=O)O)c2)C1. The van der Waals surface area contributed by atoms with E-state index in [1.807, 2.05) is 13.8 Å². The third-order valence-electron chi connectivity index (χ3n) is 4.52. The molecule has 1 aromatic rings. The molecule has 1 aliphatic heterocycles. The largest absolute Gasteiger partial charge is 0.480 e. The van der Waals surface area contributed by atoms with Gasteiger partial charge in [0.2, 0.25) is 0 Å². The van der Waals surface area contributed by atoms with Gasteiger partial charge < -0.3 is 14.7 Å². The first kappa shape index (κ1) is 19.6. The van der Waals surface area contributed by atoms with Crippen LogP contribution in [0.4, 0.5) is 4.39 Å². The van der Waals surface area contributed by atoms with Crippen molar-refractivity contribution in [2.45, 2.75) is 32.7 Å². The van der Waals surface area contributed by atoms with Gasteiger partial charge in [0.25, 0.3) is 5.56 Å². The van der Waals surface area contributed by atoms with Crippen molar-refractivity contribution in [3.63, 3.8) is 0 Å². The van der Waals surface area contributed by atoms with Crippen molar-refractivity contribution in [2.75, 3.05) is 33.4 Å². The van der Waals surface area contributed by atoms with Crippen LogP contribution < -0.4 is 5.56 Å². The van der Waals surface area contributed by atoms with E-state index in [-0.39, 0.29) is 12.3 Å². The third-order valence-corrected chi connectivity index (χ3v) is 4.52. The first-order chi connectivity index (χ1) is 11.8. The number of nitrogens with zero attached hydrogens (tertiary/aromatic N) is 2. The van der Waals surface area contributed by atoms with Crippen molar-refractivity contribution in [2.24, 2.45) is 11.8 Å². The highest BCUT2D eigenvalue weighted by Crippen LogP contribution is 2.19. The fraction of sp³-hybridized carbons (Fsp3) is 0.667. The number of likely N-dealkylation sites (tertiary alicyclic amines) is 1. The van der Waals surface area contributed by atoms with Crippen LogP contribution in [0.3, 0.4) is 0 Å². The predicted molar refractivity (Wildman–Crippen MR) is 92.3 cm³/mol. The summed E-state index contributed by atoms with van der Waals surface area (Å²) in [5.41, 5.74) is -0.233. The van der Waals surface area contributed by atoms with Gasteiger partial charge in [0.1, 0.15) is 6.04 Å². The smallest absolute Gasteiger partial charge is 0.326 e. The Morgan fingerprint density at radius 3 is 2.68 bits per heavy atom. The molecule has 0 amide bonds. The van der Waals surface area contributed by atoms with E-state index in [2.05, 4.69) is 4.90 Å². The number of halogens is 1. The number of carboxylic acids is 1. The lowest BCUT2D eigenvalue weighted by Crippen LogP contribution is -2.49. The highest BCUT2D eigenvalue weighted by molar-refractivity contribution is 5.71. The monoisotopic (exact) mass is 354 g/mol. The van der Waals surface area contributed by atoms with Crippen LogP contribution >= 0.6 is 0 Å². The van der Waals surface area contributed by atoms with Crippen LogP contribution in [-0.2, 0) is 16.0 Å². The van der Waals surface area contributed by atoms with E-state index in [1.165, 1.54) is 12.3 Å². The number of hydrogen-bond donors (Lipinski definition) is 1. The second-order valence-corrected chi connectivity index (χ2v) is 7.22. The molecule has 2 heterocycles. The van der Waals surface area contributed by atoms with Gasteiger partial charge in [-0.2, -0.15) is 0 Å². The second kappa shape index (κ2) is 8.58. The number of ether oxygens (including phenoxy) is 1. The summed E-state index contributed by atoms with van der Waals surface area (Å²) in [7, 11) is 1.69. The van der Waals surface area contributed by atoms with Gasteiger partial charge in [-0.15, -0.1) is 0 Å². The van der Waals surface area contributed by atoms with E-state index in [4.69, 9.17) is 4.74 Å². The van der Waals surface area contributed by atoms with E-state index in [9.17, 15) is 19.1 Å². The second-order valence-electron chi connectivity index (χ2n) is 7.22. The van der Waals surface area contributed by atoms with Gasteiger partial charge in [-0.3, -0.25) is 9.36 Å². The van der Waals surface area contributed by atoms with Gasteiger partial charge in [0.15, 0.2) is 5.82 Å². The van der Waals surface area contributed by atoms with Crippen LogP contribution in [0, 0.1) is 17.7 Å². The Morgan fingerprint density at radius 2 is 2.12 bits per heavy atom. The first-order valence-corrected chi connectivity index (χ1v) is 8.66. The highest BCUT2D eigenvalue weighted by Gasteiger charge is 2.27. The van der Waals surface area contributed by atoms with Crippen LogP contribution in [0.25, 0.3) is 0 Å². The Labute approximate surface area is 147 Å². The van der Waals surface area contributed by atoms with Crippen molar-refractivity contribution in [3.8, 4) is 0 Å². The molecule has 1 unspecified atom stereocenters. The molecule has 1 N–H and O–H groups in total. The van der Waals surface area contributed by atoms with Crippen LogP contribution in [0.2, 0.25) is 0 Å². The quantitative estimate of drug-likeness (QED) is 0.732. The number of aliphatic carboxylic acids is 1. The first-order valence-electron chi connectivity index (χ1n) is 8.66. The summed E-state index contributed by atoms with van der Waals surface area (Å²) in [5, 5.41) is 9.42. The van der Waals surface area contributed by atoms with Gasteiger partial charge in [-0.05, 0) is 30.4 Å². The molecule has 6 nitrogen and oxygen atoms in total. The van der Waals surface area contributed by atoms with Gasteiger partial charge in [-0.1, -0.05) is 13.8 Å². The summed E-state index contributed by atoms with van der Waals surface area (Å²) in [6.07, 6.45) is 2.35. The van der Waals surface area contributed by atoms with Crippen LogP contribution in [0.5, 0.6) is 0 Å². The lowest BCUT2D eigenvalue weighted by atomic mass is 10.0. The molecule has 1 aliphatic rings. The summed E-state index contributed by atoms with van der Waals surface area (Å²) in [4.78, 5) is 25.8. The topological polar surface area (TPSA) is 71.8 Å². The molecule has 1 aromatic heterocycles. The van der Waals surface area contributed by atoms with E-state index >= 15 is 0 Å². The fourth-order valence-electron chi connectivity index (χ4n) is 3.26. The Bertz CT molecular complexity index is 653. The molecule has 140 valence electrons. The summed E-state index contributed by atoms with van der Waals surface area (Å²) < 4.78 is 20.2. The normalized spacial score (nSPS) is 16.8. The van der Waals surface area contributed by atoms with E-state index in [0.29, 0.717) is 17.9 Å². The van der Waals surface area contributed by atoms with Crippen LogP contribution in [-0.4, -0.2) is 53.9 Å². The minimum atomic E-state index is -1.11. The molecule has 0 bridgehead atoms. The molecule has 1 atom stereocenters. The average Bonchev–Trinajstić information content (AvgIpc) is 2.50.